The Labute approximate surface area is 197 Å². The molecule has 0 radical (unpaired) electrons. The summed E-state index contributed by atoms with van der Waals surface area (Å²) in [5.74, 6) is 1.72. The maximum absolute atomic E-state index is 4.77. The van der Waals surface area contributed by atoms with E-state index in [1.807, 2.05) is 74.2 Å². The van der Waals surface area contributed by atoms with Crippen LogP contribution in [0.25, 0.3) is 34.3 Å². The van der Waals surface area contributed by atoms with Crippen molar-refractivity contribution in [3.8, 4) is 11.1 Å². The quantitative estimate of drug-likeness (QED) is 0.379. The van der Waals surface area contributed by atoms with Crippen molar-refractivity contribution in [2.75, 3.05) is 5.32 Å². The number of hydrogen-bond donors (Lipinski definition) is 1. The Morgan fingerprint density at radius 1 is 0.971 bits per heavy atom. The molecule has 0 aliphatic rings. The monoisotopic (exact) mass is 448 g/mol. The lowest BCUT2D eigenvalue weighted by Gasteiger charge is -2.09. The summed E-state index contributed by atoms with van der Waals surface area (Å²) >= 11 is 0. The number of hydrogen-bond acceptors (Lipinski definition) is 7. The van der Waals surface area contributed by atoms with E-state index in [0.717, 1.165) is 39.0 Å². The summed E-state index contributed by atoms with van der Waals surface area (Å²) in [6.45, 7) is 4.25. The van der Waals surface area contributed by atoms with Crippen LogP contribution >= 0.6 is 0 Å². The van der Waals surface area contributed by atoms with Crippen LogP contribution in [-0.2, 0) is 7.05 Å². The summed E-state index contributed by atoms with van der Waals surface area (Å²) in [7, 11) is 1.91. The SMILES string of the molecule is CC(C)c1cnnc(Nc2ccc3ncc(-c4cn(C)nc4C=Cc4cccnc4)cc3n2)c1. The fraction of sp³-hybridized carbons (Fsp3) is 0.154. The number of fused-ring (bicyclic) bond motifs is 1. The topological polar surface area (TPSA) is 94.3 Å². The van der Waals surface area contributed by atoms with Crippen LogP contribution in [0.2, 0.25) is 0 Å². The number of nitrogens with zero attached hydrogens (tertiary/aromatic N) is 7. The predicted octanol–water partition coefficient (Wildman–Crippen LogP) is 5.25. The van der Waals surface area contributed by atoms with Gasteiger partial charge in [-0.25, -0.2) is 4.98 Å². The molecule has 0 spiro atoms. The summed E-state index contributed by atoms with van der Waals surface area (Å²) in [6, 6.07) is 11.8. The van der Waals surface area contributed by atoms with E-state index in [9.17, 15) is 0 Å². The van der Waals surface area contributed by atoms with Crippen molar-refractivity contribution >= 4 is 34.8 Å². The van der Waals surface area contributed by atoms with Crippen molar-refractivity contribution in [2.45, 2.75) is 19.8 Å². The van der Waals surface area contributed by atoms with Gasteiger partial charge >= 0.3 is 0 Å². The zero-order chi connectivity index (χ0) is 23.5. The molecule has 34 heavy (non-hydrogen) atoms. The molecule has 0 aliphatic carbocycles. The highest BCUT2D eigenvalue weighted by molar-refractivity contribution is 5.85. The Hall–Kier alpha value is -4.46. The van der Waals surface area contributed by atoms with Gasteiger partial charge in [-0.1, -0.05) is 26.0 Å². The number of aryl methyl sites for hydroxylation is 1. The third kappa shape index (κ3) is 4.66. The van der Waals surface area contributed by atoms with E-state index in [1.165, 1.54) is 0 Å². The van der Waals surface area contributed by atoms with E-state index in [0.29, 0.717) is 17.6 Å². The number of nitrogens with one attached hydrogen (secondary N) is 1. The van der Waals surface area contributed by atoms with Gasteiger partial charge in [-0.05, 0) is 53.5 Å². The summed E-state index contributed by atoms with van der Waals surface area (Å²) < 4.78 is 1.80. The first kappa shape index (κ1) is 21.4. The summed E-state index contributed by atoms with van der Waals surface area (Å²) in [5.41, 5.74) is 6.49. The molecular weight excluding hydrogens is 424 g/mol. The lowest BCUT2D eigenvalue weighted by atomic mass is 10.1. The lowest BCUT2D eigenvalue weighted by Crippen LogP contribution is -2.00. The molecular formula is C26H24N8. The molecule has 5 aromatic rings. The van der Waals surface area contributed by atoms with Crippen LogP contribution in [0.15, 0.2) is 67.4 Å². The highest BCUT2D eigenvalue weighted by Crippen LogP contribution is 2.27. The maximum atomic E-state index is 4.77. The normalized spacial score (nSPS) is 11.5. The molecule has 0 aromatic carbocycles. The van der Waals surface area contributed by atoms with Gasteiger partial charge in [0.15, 0.2) is 5.82 Å². The molecule has 5 aromatic heterocycles. The molecule has 0 saturated heterocycles. The average Bonchev–Trinajstić information content (AvgIpc) is 3.23. The largest absolute Gasteiger partial charge is 0.323 e. The second-order valence-corrected chi connectivity index (χ2v) is 8.33. The van der Waals surface area contributed by atoms with Crippen LogP contribution in [0.3, 0.4) is 0 Å². The third-order valence-corrected chi connectivity index (χ3v) is 5.42. The van der Waals surface area contributed by atoms with Crippen molar-refractivity contribution in [3.05, 3.63) is 84.2 Å². The number of rotatable bonds is 6. The van der Waals surface area contributed by atoms with Crippen molar-refractivity contribution < 1.29 is 0 Å². The van der Waals surface area contributed by atoms with Gasteiger partial charge in [0.1, 0.15) is 5.82 Å². The van der Waals surface area contributed by atoms with Crippen molar-refractivity contribution in [1.82, 2.24) is 34.9 Å². The van der Waals surface area contributed by atoms with Crippen molar-refractivity contribution in [3.63, 3.8) is 0 Å². The molecule has 5 heterocycles. The minimum absolute atomic E-state index is 0.369. The average molecular weight is 449 g/mol. The molecule has 8 nitrogen and oxygen atoms in total. The molecule has 0 atom stereocenters. The molecule has 5 rings (SSSR count). The van der Waals surface area contributed by atoms with E-state index in [4.69, 9.17) is 4.98 Å². The molecule has 1 N–H and O–H groups in total. The zero-order valence-corrected chi connectivity index (χ0v) is 19.2. The highest BCUT2D eigenvalue weighted by Gasteiger charge is 2.11. The molecule has 0 bridgehead atoms. The van der Waals surface area contributed by atoms with Gasteiger partial charge in [0.25, 0.3) is 0 Å². The number of pyridine rings is 3. The summed E-state index contributed by atoms with van der Waals surface area (Å²) in [4.78, 5) is 13.5. The van der Waals surface area contributed by atoms with Gasteiger partial charge in [-0.15, -0.1) is 5.10 Å². The first-order chi connectivity index (χ1) is 16.5. The van der Waals surface area contributed by atoms with Gasteiger partial charge in [0.05, 0.1) is 22.9 Å². The first-order valence-electron chi connectivity index (χ1n) is 11.0. The lowest BCUT2D eigenvalue weighted by molar-refractivity contribution is 0.765. The van der Waals surface area contributed by atoms with Gasteiger partial charge in [0, 0.05) is 43.0 Å². The van der Waals surface area contributed by atoms with Crippen molar-refractivity contribution in [1.29, 1.82) is 0 Å². The zero-order valence-electron chi connectivity index (χ0n) is 19.2. The summed E-state index contributed by atoms with van der Waals surface area (Å²) in [6.07, 6.45) is 13.2. The molecule has 0 aliphatic heterocycles. The Morgan fingerprint density at radius 2 is 1.88 bits per heavy atom. The van der Waals surface area contributed by atoms with Crippen LogP contribution < -0.4 is 5.32 Å². The second kappa shape index (κ2) is 9.19. The van der Waals surface area contributed by atoms with E-state index in [1.54, 1.807) is 17.1 Å². The van der Waals surface area contributed by atoms with E-state index in [2.05, 4.69) is 44.4 Å². The summed E-state index contributed by atoms with van der Waals surface area (Å²) in [5, 5.41) is 16.1. The molecule has 0 saturated carbocycles. The Kier molecular flexibility index (Phi) is 5.78. The fourth-order valence-corrected chi connectivity index (χ4v) is 3.61. The highest BCUT2D eigenvalue weighted by atomic mass is 15.2. The maximum Gasteiger partial charge on any atom is 0.154 e. The standard InChI is InChI=1S/C26H24N8/c1-17(2)19-12-26(32-29-15-19)31-25-9-8-23-24(30-25)11-20(14-28-23)21-16-34(3)33-22(21)7-6-18-5-4-10-27-13-18/h4-17H,1-3H3,(H,30,31,32). The van der Waals surface area contributed by atoms with E-state index >= 15 is 0 Å². The van der Waals surface area contributed by atoms with Crippen molar-refractivity contribution in [2.24, 2.45) is 7.05 Å². The van der Waals surface area contributed by atoms with Gasteiger partial charge in [-0.3, -0.25) is 14.6 Å². The van der Waals surface area contributed by atoms with Crippen LogP contribution in [0.4, 0.5) is 11.6 Å². The minimum atomic E-state index is 0.369. The molecule has 0 unspecified atom stereocenters. The molecule has 8 heteroatoms. The smallest absolute Gasteiger partial charge is 0.154 e. The predicted molar refractivity (Wildman–Crippen MR) is 134 cm³/mol. The third-order valence-electron chi connectivity index (χ3n) is 5.42. The minimum Gasteiger partial charge on any atom is -0.323 e. The number of anilines is 2. The Morgan fingerprint density at radius 3 is 2.71 bits per heavy atom. The van der Waals surface area contributed by atoms with Gasteiger partial charge in [0.2, 0.25) is 0 Å². The second-order valence-electron chi connectivity index (χ2n) is 8.33. The molecule has 168 valence electrons. The van der Waals surface area contributed by atoms with Crippen LogP contribution in [-0.4, -0.2) is 34.9 Å². The molecule has 0 amide bonds. The van der Waals surface area contributed by atoms with Crippen LogP contribution in [0.1, 0.15) is 36.6 Å². The van der Waals surface area contributed by atoms with Gasteiger partial charge < -0.3 is 5.32 Å². The van der Waals surface area contributed by atoms with E-state index < -0.39 is 0 Å². The van der Waals surface area contributed by atoms with Gasteiger partial charge in [-0.2, -0.15) is 10.2 Å². The van der Waals surface area contributed by atoms with Crippen LogP contribution in [0, 0.1) is 0 Å². The Bertz CT molecular complexity index is 1470. The van der Waals surface area contributed by atoms with Crippen LogP contribution in [0.5, 0.6) is 0 Å². The first-order valence-corrected chi connectivity index (χ1v) is 11.0. The Balaban J connectivity index is 1.46. The molecule has 0 fully saturated rings. The number of aromatic nitrogens is 7. The van der Waals surface area contributed by atoms with E-state index in [-0.39, 0.29) is 0 Å². The fourth-order valence-electron chi connectivity index (χ4n) is 3.61.